The number of rotatable bonds is 4. The van der Waals surface area contributed by atoms with Crippen molar-refractivity contribution in [2.75, 3.05) is 13.2 Å². The number of nitrogens with one attached hydrogen (secondary N) is 2. The molecule has 2 N–H and O–H groups in total. The number of hydrogen-bond donors (Lipinski definition) is 2. The maximum absolute atomic E-state index is 11.5. The van der Waals surface area contributed by atoms with Crippen LogP contribution in [-0.4, -0.2) is 31.2 Å². The summed E-state index contributed by atoms with van der Waals surface area (Å²) in [6.07, 6.45) is -0.294. The molecular weight excluding hydrogens is 196 g/mol. The van der Waals surface area contributed by atoms with Crippen LogP contribution in [0.1, 0.15) is 20.8 Å². The summed E-state index contributed by atoms with van der Waals surface area (Å²) in [4.78, 5) is 22.4. The van der Waals surface area contributed by atoms with E-state index in [4.69, 9.17) is 4.74 Å². The molecule has 1 aliphatic heterocycles. The standard InChI is InChI=1S/C10H18N2O3/c1-6(2)5-15-10(14)7(3)9-11-4-8(13)12-9/h6-7,9,11H,4-5H2,1-3H3,(H,12,13). The van der Waals surface area contributed by atoms with Gasteiger partial charge < -0.3 is 10.1 Å². The van der Waals surface area contributed by atoms with Crippen molar-refractivity contribution < 1.29 is 14.3 Å². The van der Waals surface area contributed by atoms with Gasteiger partial charge in [-0.1, -0.05) is 13.8 Å². The van der Waals surface area contributed by atoms with Crippen LogP contribution in [0.5, 0.6) is 0 Å². The molecule has 0 aliphatic carbocycles. The number of ether oxygens (including phenoxy) is 1. The van der Waals surface area contributed by atoms with Gasteiger partial charge in [0.1, 0.15) is 0 Å². The van der Waals surface area contributed by atoms with Crippen molar-refractivity contribution in [3.63, 3.8) is 0 Å². The predicted molar refractivity (Wildman–Crippen MR) is 54.9 cm³/mol. The smallest absolute Gasteiger partial charge is 0.312 e. The summed E-state index contributed by atoms with van der Waals surface area (Å²) in [6, 6.07) is 0. The van der Waals surface area contributed by atoms with Crippen LogP contribution in [0, 0.1) is 11.8 Å². The van der Waals surface area contributed by atoms with Crippen LogP contribution in [0.15, 0.2) is 0 Å². The summed E-state index contributed by atoms with van der Waals surface area (Å²) in [6.45, 7) is 6.39. The number of amides is 1. The molecule has 1 saturated heterocycles. The zero-order valence-electron chi connectivity index (χ0n) is 9.37. The van der Waals surface area contributed by atoms with E-state index in [0.717, 1.165) is 0 Å². The molecule has 2 unspecified atom stereocenters. The van der Waals surface area contributed by atoms with Gasteiger partial charge in [0.25, 0.3) is 0 Å². The molecule has 0 radical (unpaired) electrons. The molecule has 1 amide bonds. The number of carbonyl (C=O) groups is 2. The maximum atomic E-state index is 11.5. The van der Waals surface area contributed by atoms with Crippen LogP contribution in [0.3, 0.4) is 0 Å². The van der Waals surface area contributed by atoms with Gasteiger partial charge in [-0.25, -0.2) is 0 Å². The Morgan fingerprint density at radius 1 is 1.53 bits per heavy atom. The van der Waals surface area contributed by atoms with Gasteiger partial charge in [-0.3, -0.25) is 14.9 Å². The summed E-state index contributed by atoms with van der Waals surface area (Å²) in [5.41, 5.74) is 0. The quantitative estimate of drug-likeness (QED) is 0.640. The Bertz CT molecular complexity index is 253. The highest BCUT2D eigenvalue weighted by molar-refractivity contribution is 5.82. The lowest BCUT2D eigenvalue weighted by Gasteiger charge is -2.18. The first kappa shape index (κ1) is 12.0. The van der Waals surface area contributed by atoms with Gasteiger partial charge in [0.15, 0.2) is 0 Å². The molecular formula is C10H18N2O3. The minimum atomic E-state index is -0.352. The van der Waals surface area contributed by atoms with Gasteiger partial charge in [-0.05, 0) is 12.8 Å². The molecule has 1 fully saturated rings. The Balaban J connectivity index is 2.35. The van der Waals surface area contributed by atoms with Gasteiger partial charge >= 0.3 is 5.97 Å². The lowest BCUT2D eigenvalue weighted by Crippen LogP contribution is -2.42. The highest BCUT2D eigenvalue weighted by atomic mass is 16.5. The van der Waals surface area contributed by atoms with Gasteiger partial charge in [0.2, 0.25) is 5.91 Å². The average molecular weight is 214 g/mol. The molecule has 1 heterocycles. The average Bonchev–Trinajstić information content (AvgIpc) is 2.60. The third-order valence-corrected chi connectivity index (χ3v) is 2.23. The van der Waals surface area contributed by atoms with E-state index in [1.54, 1.807) is 6.92 Å². The highest BCUT2D eigenvalue weighted by Gasteiger charge is 2.30. The van der Waals surface area contributed by atoms with Gasteiger partial charge in [0, 0.05) is 0 Å². The topological polar surface area (TPSA) is 67.4 Å². The first-order valence-corrected chi connectivity index (χ1v) is 5.20. The Kier molecular flexibility index (Phi) is 4.08. The van der Waals surface area contributed by atoms with Crippen molar-refractivity contribution in [3.05, 3.63) is 0 Å². The third kappa shape index (κ3) is 3.51. The zero-order chi connectivity index (χ0) is 11.4. The molecule has 5 heteroatoms. The highest BCUT2D eigenvalue weighted by Crippen LogP contribution is 2.07. The monoisotopic (exact) mass is 214 g/mol. The van der Waals surface area contributed by atoms with Crippen LogP contribution in [-0.2, 0) is 14.3 Å². The fourth-order valence-electron chi connectivity index (χ4n) is 1.30. The molecule has 1 rings (SSSR count). The minimum absolute atomic E-state index is 0.0801. The van der Waals surface area contributed by atoms with E-state index in [-0.39, 0.29) is 30.5 Å². The SMILES string of the molecule is CC(C)COC(=O)C(C)C1NCC(=O)N1. The fourth-order valence-corrected chi connectivity index (χ4v) is 1.30. The zero-order valence-corrected chi connectivity index (χ0v) is 9.37. The van der Waals surface area contributed by atoms with Gasteiger partial charge in [0.05, 0.1) is 25.2 Å². The predicted octanol–water partition coefficient (Wildman–Crippen LogP) is -0.133. The van der Waals surface area contributed by atoms with Crippen molar-refractivity contribution in [3.8, 4) is 0 Å². The number of hydrogen-bond acceptors (Lipinski definition) is 4. The van der Waals surface area contributed by atoms with Crippen molar-refractivity contribution in [1.29, 1.82) is 0 Å². The summed E-state index contributed by atoms with van der Waals surface area (Å²) < 4.78 is 5.08. The van der Waals surface area contributed by atoms with Crippen LogP contribution >= 0.6 is 0 Å². The largest absolute Gasteiger partial charge is 0.465 e. The molecule has 0 aromatic carbocycles. The van der Waals surface area contributed by atoms with E-state index in [9.17, 15) is 9.59 Å². The van der Waals surface area contributed by atoms with E-state index in [1.165, 1.54) is 0 Å². The lowest BCUT2D eigenvalue weighted by molar-refractivity contribution is -0.150. The van der Waals surface area contributed by atoms with E-state index in [2.05, 4.69) is 10.6 Å². The lowest BCUT2D eigenvalue weighted by atomic mass is 10.1. The van der Waals surface area contributed by atoms with E-state index < -0.39 is 0 Å². The maximum Gasteiger partial charge on any atom is 0.312 e. The number of carbonyl (C=O) groups excluding carboxylic acids is 2. The molecule has 15 heavy (non-hydrogen) atoms. The van der Waals surface area contributed by atoms with E-state index in [1.807, 2.05) is 13.8 Å². The summed E-state index contributed by atoms with van der Waals surface area (Å²) in [7, 11) is 0. The minimum Gasteiger partial charge on any atom is -0.465 e. The first-order valence-electron chi connectivity index (χ1n) is 5.20. The molecule has 1 aliphatic rings. The Labute approximate surface area is 89.6 Å². The van der Waals surface area contributed by atoms with Crippen molar-refractivity contribution in [2.45, 2.75) is 26.9 Å². The molecule has 0 aromatic heterocycles. The summed E-state index contributed by atoms with van der Waals surface area (Å²) in [5, 5.41) is 5.58. The van der Waals surface area contributed by atoms with Crippen LogP contribution in [0.2, 0.25) is 0 Å². The molecule has 2 atom stereocenters. The molecule has 86 valence electrons. The second-order valence-corrected chi connectivity index (χ2v) is 4.24. The summed E-state index contributed by atoms with van der Waals surface area (Å²) in [5.74, 6) is -0.380. The summed E-state index contributed by atoms with van der Waals surface area (Å²) >= 11 is 0. The Morgan fingerprint density at radius 2 is 2.20 bits per heavy atom. The normalized spacial score (nSPS) is 22.7. The van der Waals surface area contributed by atoms with Crippen molar-refractivity contribution in [1.82, 2.24) is 10.6 Å². The fraction of sp³-hybridized carbons (Fsp3) is 0.800. The first-order chi connectivity index (χ1) is 7.00. The van der Waals surface area contributed by atoms with Gasteiger partial charge in [-0.15, -0.1) is 0 Å². The molecule has 0 aromatic rings. The second-order valence-electron chi connectivity index (χ2n) is 4.24. The molecule has 0 bridgehead atoms. The van der Waals surface area contributed by atoms with Crippen LogP contribution in [0.4, 0.5) is 0 Å². The molecule has 0 saturated carbocycles. The third-order valence-electron chi connectivity index (χ3n) is 2.23. The second kappa shape index (κ2) is 5.11. The van der Waals surface area contributed by atoms with Gasteiger partial charge in [-0.2, -0.15) is 0 Å². The van der Waals surface area contributed by atoms with Crippen molar-refractivity contribution in [2.24, 2.45) is 11.8 Å². The Morgan fingerprint density at radius 3 is 2.67 bits per heavy atom. The van der Waals surface area contributed by atoms with Crippen LogP contribution < -0.4 is 10.6 Å². The van der Waals surface area contributed by atoms with E-state index >= 15 is 0 Å². The Hall–Kier alpha value is -1.10. The van der Waals surface area contributed by atoms with Crippen LogP contribution in [0.25, 0.3) is 0 Å². The van der Waals surface area contributed by atoms with E-state index in [0.29, 0.717) is 12.5 Å². The number of esters is 1. The molecule has 5 nitrogen and oxygen atoms in total. The molecule has 0 spiro atoms. The van der Waals surface area contributed by atoms with Crippen molar-refractivity contribution >= 4 is 11.9 Å².